The summed E-state index contributed by atoms with van der Waals surface area (Å²) in [6.45, 7) is 0. The third-order valence-corrected chi connectivity index (χ3v) is 5.45. The quantitative estimate of drug-likeness (QED) is 0.262. The second-order valence-corrected chi connectivity index (χ2v) is 7.85. The van der Waals surface area contributed by atoms with Gasteiger partial charge in [-0.25, -0.2) is 0 Å². The lowest BCUT2D eigenvalue weighted by Crippen LogP contribution is -2.09. The third kappa shape index (κ3) is 3.74. The highest BCUT2D eigenvalue weighted by atomic mass is 79.9. The molecule has 5 aromatic rings. The minimum Gasteiger partial charge on any atom is -0.311 e. The van der Waals surface area contributed by atoms with E-state index in [0.29, 0.717) is 11.1 Å². The van der Waals surface area contributed by atoms with Crippen LogP contribution in [0, 0.1) is 0 Å². The molecule has 0 N–H and O–H groups in total. The molecule has 0 amide bonds. The Balaban J connectivity index is 1.74. The Bertz CT molecular complexity index is 1440. The van der Waals surface area contributed by atoms with Crippen molar-refractivity contribution in [1.29, 1.82) is 0 Å². The molecule has 0 radical (unpaired) electrons. The average Bonchev–Trinajstić information content (AvgIpc) is 2.86. The number of hydrogen-bond acceptors (Lipinski definition) is 1. The Hall–Kier alpha value is -3.36. The fourth-order valence-electron chi connectivity index (χ4n) is 3.50. The molecular formula is C28H20BrN. The van der Waals surface area contributed by atoms with Gasteiger partial charge in [0, 0.05) is 21.5 Å². The Labute approximate surface area is 191 Å². The van der Waals surface area contributed by atoms with Crippen molar-refractivity contribution in [2.45, 2.75) is 0 Å². The first-order chi connectivity index (χ1) is 16.5. The first-order valence-corrected chi connectivity index (χ1v) is 10.5. The molecule has 0 aliphatic heterocycles. The Kier molecular flexibility index (Phi) is 3.98. The molecule has 0 fully saturated rings. The van der Waals surface area contributed by atoms with Gasteiger partial charge >= 0.3 is 0 Å². The van der Waals surface area contributed by atoms with Crippen LogP contribution in [0.5, 0.6) is 0 Å². The van der Waals surface area contributed by atoms with Crippen molar-refractivity contribution in [2.24, 2.45) is 0 Å². The number of fused-ring (bicyclic) bond motifs is 1. The van der Waals surface area contributed by atoms with Gasteiger partial charge in [-0.1, -0.05) is 82.6 Å². The number of anilines is 3. The van der Waals surface area contributed by atoms with Gasteiger partial charge in [-0.2, -0.15) is 0 Å². The van der Waals surface area contributed by atoms with Crippen molar-refractivity contribution in [2.75, 3.05) is 4.90 Å². The number of benzene rings is 5. The summed E-state index contributed by atoms with van der Waals surface area (Å²) in [6, 6.07) is 30.3. The molecule has 1 nitrogen and oxygen atoms in total. The van der Waals surface area contributed by atoms with E-state index in [1.54, 1.807) is 4.90 Å². The summed E-state index contributed by atoms with van der Waals surface area (Å²) < 4.78 is 36.5. The van der Waals surface area contributed by atoms with Gasteiger partial charge < -0.3 is 4.90 Å². The normalized spacial score (nSPS) is 12.7. The fraction of sp³-hybridized carbons (Fsp3) is 0. The molecule has 0 atom stereocenters. The molecule has 144 valence electrons. The predicted molar refractivity (Wildman–Crippen MR) is 132 cm³/mol. The SMILES string of the molecule is [2H]c1c([2H])c(N(c2ccccc2)c2ccccc2)c([2H])c([2H])c1-c1ccc2cc(Br)ccc2c1. The van der Waals surface area contributed by atoms with Crippen LogP contribution >= 0.6 is 15.9 Å². The highest BCUT2D eigenvalue weighted by Crippen LogP contribution is 2.35. The van der Waals surface area contributed by atoms with Crippen LogP contribution in [-0.2, 0) is 0 Å². The van der Waals surface area contributed by atoms with E-state index >= 15 is 0 Å². The summed E-state index contributed by atoms with van der Waals surface area (Å²) in [5.74, 6) is 0. The largest absolute Gasteiger partial charge is 0.311 e. The highest BCUT2D eigenvalue weighted by Gasteiger charge is 2.12. The van der Waals surface area contributed by atoms with Crippen molar-refractivity contribution in [3.63, 3.8) is 0 Å². The van der Waals surface area contributed by atoms with E-state index in [0.717, 1.165) is 26.6 Å². The molecule has 0 saturated heterocycles. The maximum absolute atomic E-state index is 8.90. The standard InChI is InChI=1S/C28H20BrN/c29-25-16-13-23-19-22(11-12-24(23)20-25)21-14-17-28(18-15-21)30(26-7-3-1-4-8-26)27-9-5-2-6-10-27/h1-20H/i14D,15D,17D,18D. The molecule has 0 aromatic heterocycles. The Morgan fingerprint density at radius 1 is 0.533 bits per heavy atom. The smallest absolute Gasteiger partial charge is 0.0645 e. The van der Waals surface area contributed by atoms with E-state index in [2.05, 4.69) is 15.9 Å². The maximum atomic E-state index is 8.90. The lowest BCUT2D eigenvalue weighted by molar-refractivity contribution is 1.28. The van der Waals surface area contributed by atoms with Gasteiger partial charge in [0.1, 0.15) is 0 Å². The molecule has 5 rings (SSSR count). The Morgan fingerprint density at radius 3 is 1.73 bits per heavy atom. The lowest BCUT2D eigenvalue weighted by Gasteiger charge is -2.25. The topological polar surface area (TPSA) is 3.24 Å². The molecule has 0 unspecified atom stereocenters. The van der Waals surface area contributed by atoms with Crippen molar-refractivity contribution >= 4 is 43.8 Å². The molecule has 0 spiro atoms. The van der Waals surface area contributed by atoms with Crippen LogP contribution in [0.4, 0.5) is 17.1 Å². The monoisotopic (exact) mass is 453 g/mol. The summed E-state index contributed by atoms with van der Waals surface area (Å²) in [6.07, 6.45) is 0. The number of halogens is 1. The van der Waals surface area contributed by atoms with Crippen LogP contribution in [0.2, 0.25) is 0 Å². The Morgan fingerprint density at radius 2 is 1.10 bits per heavy atom. The van der Waals surface area contributed by atoms with Gasteiger partial charge in [-0.3, -0.25) is 0 Å². The second-order valence-electron chi connectivity index (χ2n) is 6.94. The molecule has 5 aromatic carbocycles. The van der Waals surface area contributed by atoms with Crippen LogP contribution in [-0.4, -0.2) is 0 Å². The summed E-state index contributed by atoms with van der Waals surface area (Å²) >= 11 is 3.48. The number of rotatable bonds is 4. The zero-order valence-electron chi connectivity index (χ0n) is 20.1. The second kappa shape index (κ2) is 8.17. The molecule has 0 bridgehead atoms. The van der Waals surface area contributed by atoms with E-state index in [-0.39, 0.29) is 29.9 Å². The van der Waals surface area contributed by atoms with E-state index < -0.39 is 0 Å². The zero-order chi connectivity index (χ0) is 23.8. The van der Waals surface area contributed by atoms with Crippen molar-refractivity contribution in [1.82, 2.24) is 0 Å². The van der Waals surface area contributed by atoms with E-state index in [1.165, 1.54) is 0 Å². The predicted octanol–water partition coefficient (Wildman–Crippen LogP) is 8.74. The minimum atomic E-state index is -0.0837. The molecule has 0 heterocycles. The van der Waals surface area contributed by atoms with Crippen molar-refractivity contribution in [3.8, 4) is 11.1 Å². The maximum Gasteiger partial charge on any atom is 0.0645 e. The van der Waals surface area contributed by atoms with Crippen LogP contribution in [0.25, 0.3) is 21.9 Å². The van der Waals surface area contributed by atoms with Crippen molar-refractivity contribution in [3.05, 3.63) is 126 Å². The lowest BCUT2D eigenvalue weighted by atomic mass is 10.0. The van der Waals surface area contributed by atoms with Gasteiger partial charge in [-0.05, 0) is 76.4 Å². The first kappa shape index (κ1) is 14.6. The van der Waals surface area contributed by atoms with Gasteiger partial charge in [0.25, 0.3) is 0 Å². The highest BCUT2D eigenvalue weighted by molar-refractivity contribution is 9.10. The molecule has 0 aliphatic carbocycles. The molecule has 30 heavy (non-hydrogen) atoms. The van der Waals surface area contributed by atoms with Crippen molar-refractivity contribution < 1.29 is 5.48 Å². The van der Waals surface area contributed by atoms with Gasteiger partial charge in [0.05, 0.1) is 5.48 Å². The van der Waals surface area contributed by atoms with Crippen LogP contribution in [0.1, 0.15) is 5.48 Å². The molecule has 2 heteroatoms. The molecule has 0 saturated carbocycles. The summed E-state index contributed by atoms with van der Waals surface area (Å²) in [5.41, 5.74) is 2.70. The average molecular weight is 454 g/mol. The van der Waals surface area contributed by atoms with Gasteiger partial charge in [0.2, 0.25) is 0 Å². The van der Waals surface area contributed by atoms with E-state index in [9.17, 15) is 0 Å². The summed E-state index contributed by atoms with van der Waals surface area (Å²) in [5, 5.41) is 2.00. The van der Waals surface area contributed by atoms with Crippen LogP contribution in [0.15, 0.2) is 126 Å². The fourth-order valence-corrected chi connectivity index (χ4v) is 3.87. The zero-order valence-corrected chi connectivity index (χ0v) is 17.6. The van der Waals surface area contributed by atoms with Gasteiger partial charge in [0.15, 0.2) is 0 Å². The summed E-state index contributed by atoms with van der Waals surface area (Å²) in [7, 11) is 0. The van der Waals surface area contributed by atoms with Gasteiger partial charge in [-0.15, -0.1) is 0 Å². The minimum absolute atomic E-state index is 0.0654. The number of para-hydroxylation sites is 2. The summed E-state index contributed by atoms with van der Waals surface area (Å²) in [4.78, 5) is 1.78. The van der Waals surface area contributed by atoms with E-state index in [1.807, 2.05) is 97.1 Å². The molecular weight excluding hydrogens is 430 g/mol. The van der Waals surface area contributed by atoms with Crippen LogP contribution < -0.4 is 4.90 Å². The number of nitrogens with zero attached hydrogens (tertiary/aromatic N) is 1. The first-order valence-electron chi connectivity index (χ1n) is 11.7. The molecule has 0 aliphatic rings. The van der Waals surface area contributed by atoms with E-state index in [4.69, 9.17) is 5.48 Å². The van der Waals surface area contributed by atoms with Crippen LogP contribution in [0.3, 0.4) is 0 Å². The third-order valence-electron chi connectivity index (χ3n) is 4.96. The number of hydrogen-bond donors (Lipinski definition) is 0.